The Morgan fingerprint density at radius 2 is 1.79 bits per heavy atom. The maximum Gasteiger partial charge on any atom is 0.319 e. The van der Waals surface area contributed by atoms with Crippen molar-refractivity contribution in [1.82, 2.24) is 10.6 Å². The SMILES string of the molecule is COc1ccc([C@@H]2NC(=O)[C@H]2NC(=O)Nc2ccc(Cl)cc2)cc1. The molecule has 7 heteroatoms. The van der Waals surface area contributed by atoms with Gasteiger partial charge in [0.1, 0.15) is 11.8 Å². The summed E-state index contributed by atoms with van der Waals surface area (Å²) in [6.07, 6.45) is 0. The molecule has 6 nitrogen and oxygen atoms in total. The zero-order valence-electron chi connectivity index (χ0n) is 12.9. The fraction of sp³-hybridized carbons (Fsp3) is 0.176. The molecule has 1 heterocycles. The Morgan fingerprint density at radius 1 is 1.12 bits per heavy atom. The summed E-state index contributed by atoms with van der Waals surface area (Å²) in [5, 5.41) is 8.72. The zero-order valence-corrected chi connectivity index (χ0v) is 13.6. The number of ether oxygens (including phenoxy) is 1. The van der Waals surface area contributed by atoms with Gasteiger partial charge in [0, 0.05) is 10.7 Å². The van der Waals surface area contributed by atoms with E-state index in [-0.39, 0.29) is 11.9 Å². The maximum atomic E-state index is 12.1. The van der Waals surface area contributed by atoms with Crippen LogP contribution in [-0.4, -0.2) is 25.1 Å². The highest BCUT2D eigenvalue weighted by Gasteiger charge is 2.41. The largest absolute Gasteiger partial charge is 0.497 e. The van der Waals surface area contributed by atoms with Gasteiger partial charge in [0.15, 0.2) is 0 Å². The van der Waals surface area contributed by atoms with E-state index in [0.29, 0.717) is 10.7 Å². The van der Waals surface area contributed by atoms with Crippen molar-refractivity contribution in [1.29, 1.82) is 0 Å². The second kappa shape index (κ2) is 6.80. The summed E-state index contributed by atoms with van der Waals surface area (Å²) in [6, 6.07) is 12.7. The number of rotatable bonds is 4. The van der Waals surface area contributed by atoms with Crippen molar-refractivity contribution in [2.75, 3.05) is 12.4 Å². The Bertz CT molecular complexity index is 747. The molecule has 3 N–H and O–H groups in total. The Morgan fingerprint density at radius 3 is 2.38 bits per heavy atom. The van der Waals surface area contributed by atoms with Gasteiger partial charge >= 0.3 is 6.03 Å². The molecule has 1 aliphatic heterocycles. The molecule has 2 atom stereocenters. The van der Waals surface area contributed by atoms with Crippen molar-refractivity contribution in [3.8, 4) is 5.75 Å². The van der Waals surface area contributed by atoms with E-state index >= 15 is 0 Å². The summed E-state index contributed by atoms with van der Waals surface area (Å²) in [5.41, 5.74) is 1.49. The van der Waals surface area contributed by atoms with Crippen LogP contribution < -0.4 is 20.7 Å². The van der Waals surface area contributed by atoms with E-state index in [2.05, 4.69) is 16.0 Å². The Balaban J connectivity index is 1.63. The second-order valence-electron chi connectivity index (χ2n) is 5.34. The summed E-state index contributed by atoms with van der Waals surface area (Å²) >= 11 is 5.80. The first-order valence-electron chi connectivity index (χ1n) is 7.34. The lowest BCUT2D eigenvalue weighted by molar-refractivity contribution is -0.131. The molecule has 2 aromatic rings. The number of anilines is 1. The van der Waals surface area contributed by atoms with Crippen LogP contribution in [0.1, 0.15) is 11.6 Å². The van der Waals surface area contributed by atoms with Gasteiger partial charge in [-0.15, -0.1) is 0 Å². The van der Waals surface area contributed by atoms with E-state index in [9.17, 15) is 9.59 Å². The van der Waals surface area contributed by atoms with Gasteiger partial charge in [-0.3, -0.25) is 4.79 Å². The number of carbonyl (C=O) groups is 2. The summed E-state index contributed by atoms with van der Waals surface area (Å²) in [7, 11) is 1.59. The van der Waals surface area contributed by atoms with Crippen LogP contribution in [0.2, 0.25) is 5.02 Å². The van der Waals surface area contributed by atoms with Gasteiger partial charge in [-0.2, -0.15) is 0 Å². The molecule has 0 aromatic heterocycles. The van der Waals surface area contributed by atoms with Crippen LogP contribution in [0.15, 0.2) is 48.5 Å². The molecule has 0 radical (unpaired) electrons. The van der Waals surface area contributed by atoms with Crippen molar-refractivity contribution in [2.24, 2.45) is 0 Å². The smallest absolute Gasteiger partial charge is 0.319 e. The van der Waals surface area contributed by atoms with Crippen LogP contribution in [-0.2, 0) is 4.79 Å². The average Bonchev–Trinajstić information content (AvgIpc) is 2.60. The summed E-state index contributed by atoms with van der Waals surface area (Å²) in [6.45, 7) is 0. The van der Waals surface area contributed by atoms with Gasteiger partial charge in [0.25, 0.3) is 0 Å². The van der Waals surface area contributed by atoms with Crippen LogP contribution in [0.3, 0.4) is 0 Å². The summed E-state index contributed by atoms with van der Waals surface area (Å²) < 4.78 is 5.11. The van der Waals surface area contributed by atoms with Gasteiger partial charge in [0.05, 0.1) is 13.2 Å². The molecule has 0 spiro atoms. The monoisotopic (exact) mass is 345 g/mol. The van der Waals surface area contributed by atoms with Gasteiger partial charge in [-0.25, -0.2) is 4.79 Å². The molecule has 0 bridgehead atoms. The minimum atomic E-state index is -0.620. The fourth-order valence-corrected chi connectivity index (χ4v) is 2.59. The molecule has 0 saturated carbocycles. The lowest BCUT2D eigenvalue weighted by Gasteiger charge is -2.37. The molecule has 0 aliphatic carbocycles. The van der Waals surface area contributed by atoms with Crippen molar-refractivity contribution < 1.29 is 14.3 Å². The fourth-order valence-electron chi connectivity index (χ4n) is 2.46. The summed E-state index contributed by atoms with van der Waals surface area (Å²) in [4.78, 5) is 23.8. The Kier molecular flexibility index (Phi) is 4.57. The molecule has 3 rings (SSSR count). The molecule has 2 aromatic carbocycles. The number of amides is 3. The van der Waals surface area contributed by atoms with Crippen molar-refractivity contribution in [3.63, 3.8) is 0 Å². The Labute approximate surface area is 144 Å². The lowest BCUT2D eigenvalue weighted by atomic mass is 9.91. The molecular formula is C17H16ClN3O3. The molecule has 1 saturated heterocycles. The third-order valence-corrected chi connectivity index (χ3v) is 4.03. The quantitative estimate of drug-likeness (QED) is 0.745. The van der Waals surface area contributed by atoms with E-state index in [1.54, 1.807) is 31.4 Å². The second-order valence-corrected chi connectivity index (χ2v) is 5.78. The first kappa shape index (κ1) is 16.1. The number of urea groups is 1. The van der Waals surface area contributed by atoms with Crippen molar-refractivity contribution in [2.45, 2.75) is 12.1 Å². The highest BCUT2D eigenvalue weighted by atomic mass is 35.5. The third kappa shape index (κ3) is 3.44. The van der Waals surface area contributed by atoms with Crippen LogP contribution in [0.25, 0.3) is 0 Å². The number of nitrogens with one attached hydrogen (secondary N) is 3. The molecule has 3 amide bonds. The van der Waals surface area contributed by atoms with E-state index < -0.39 is 12.1 Å². The van der Waals surface area contributed by atoms with Crippen molar-refractivity contribution in [3.05, 3.63) is 59.1 Å². The number of benzene rings is 2. The molecule has 124 valence electrons. The number of β-lactam (4-membered cyclic amide) rings is 1. The minimum absolute atomic E-state index is 0.220. The minimum Gasteiger partial charge on any atom is -0.497 e. The molecule has 1 aliphatic rings. The number of hydrogen-bond donors (Lipinski definition) is 3. The van der Waals surface area contributed by atoms with Crippen LogP contribution in [0, 0.1) is 0 Å². The lowest BCUT2D eigenvalue weighted by Crippen LogP contribution is -2.64. The number of methoxy groups -OCH3 is 1. The van der Waals surface area contributed by atoms with Gasteiger partial charge in [0.2, 0.25) is 5.91 Å². The van der Waals surface area contributed by atoms with E-state index in [1.807, 2.05) is 24.3 Å². The summed E-state index contributed by atoms with van der Waals surface area (Å²) in [5.74, 6) is 0.511. The van der Waals surface area contributed by atoms with Crippen LogP contribution >= 0.6 is 11.6 Å². The number of hydrogen-bond acceptors (Lipinski definition) is 3. The average molecular weight is 346 g/mol. The first-order chi connectivity index (χ1) is 11.6. The van der Waals surface area contributed by atoms with Gasteiger partial charge in [-0.05, 0) is 42.0 Å². The van der Waals surface area contributed by atoms with Crippen LogP contribution in [0.4, 0.5) is 10.5 Å². The van der Waals surface area contributed by atoms with E-state index in [1.165, 1.54) is 0 Å². The molecule has 0 unspecified atom stereocenters. The highest BCUT2D eigenvalue weighted by Crippen LogP contribution is 2.26. The topological polar surface area (TPSA) is 79.5 Å². The van der Waals surface area contributed by atoms with Gasteiger partial charge in [-0.1, -0.05) is 23.7 Å². The van der Waals surface area contributed by atoms with E-state index in [0.717, 1.165) is 11.3 Å². The first-order valence-corrected chi connectivity index (χ1v) is 7.72. The standard InChI is InChI=1S/C17H16ClN3O3/c1-24-13-8-2-10(3-9-13)14-15(16(22)20-14)21-17(23)19-12-6-4-11(18)5-7-12/h2-9,14-15H,1H3,(H,20,22)(H2,19,21,23)/t14-,15-/m0/s1. The number of carbonyl (C=O) groups excluding carboxylic acids is 2. The predicted octanol–water partition coefficient (Wildman–Crippen LogP) is 2.71. The highest BCUT2D eigenvalue weighted by molar-refractivity contribution is 6.30. The van der Waals surface area contributed by atoms with Crippen LogP contribution in [0.5, 0.6) is 5.75 Å². The Hall–Kier alpha value is -2.73. The third-order valence-electron chi connectivity index (χ3n) is 3.78. The normalized spacial score (nSPS) is 19.0. The predicted molar refractivity (Wildman–Crippen MR) is 91.3 cm³/mol. The maximum absolute atomic E-state index is 12.1. The molecule has 1 fully saturated rings. The van der Waals surface area contributed by atoms with E-state index in [4.69, 9.17) is 16.3 Å². The van der Waals surface area contributed by atoms with Crippen molar-refractivity contribution >= 4 is 29.2 Å². The molecule has 24 heavy (non-hydrogen) atoms. The number of halogens is 1. The zero-order chi connectivity index (χ0) is 17.1. The molecular weight excluding hydrogens is 330 g/mol. The van der Waals surface area contributed by atoms with Gasteiger partial charge < -0.3 is 20.7 Å².